The molecule has 0 unspecified atom stereocenters. The molecule has 33 heavy (non-hydrogen) atoms. The smallest absolute Gasteiger partial charge is 0.324 e. The Balaban J connectivity index is 0.00000259. The van der Waals surface area contributed by atoms with Crippen LogP contribution in [0.2, 0.25) is 5.02 Å². The van der Waals surface area contributed by atoms with Gasteiger partial charge in [0, 0.05) is 47.4 Å². The van der Waals surface area contributed by atoms with Gasteiger partial charge in [0.05, 0.1) is 0 Å². The molecule has 8 nitrogen and oxygen atoms in total. The number of H-pyrrole nitrogens is 1. The maximum atomic E-state index is 13.3. The molecule has 0 bridgehead atoms. The molecule has 2 heterocycles. The number of halogens is 2. The zero-order valence-electron chi connectivity index (χ0n) is 18.2. The zero-order valence-corrected chi connectivity index (χ0v) is 19.7. The molecule has 1 saturated carbocycles. The van der Waals surface area contributed by atoms with E-state index in [1.807, 2.05) is 52.3 Å². The van der Waals surface area contributed by atoms with E-state index in [2.05, 4.69) is 26.7 Å². The van der Waals surface area contributed by atoms with Gasteiger partial charge in [0.25, 0.3) is 0 Å². The van der Waals surface area contributed by atoms with Crippen LogP contribution in [-0.2, 0) is 5.41 Å². The maximum absolute atomic E-state index is 13.3. The molecular weight excluding hydrogens is 461 g/mol. The SMILES string of the molecule is Cl.NCC1(c2cccc(Cl)c2)CCC(N2CCN(c3cccc(-c4nn[nH]n4)c3)C2=O)CC1. The molecule has 2 fully saturated rings. The van der Waals surface area contributed by atoms with Crippen LogP contribution in [0, 0.1) is 0 Å². The Hall–Kier alpha value is -2.68. The van der Waals surface area contributed by atoms with Gasteiger partial charge in [-0.05, 0) is 60.7 Å². The van der Waals surface area contributed by atoms with Crippen molar-refractivity contribution in [3.8, 4) is 11.4 Å². The number of nitrogens with one attached hydrogen (secondary N) is 1. The molecule has 3 N–H and O–H groups in total. The number of carbonyl (C=O) groups excluding carboxylic acids is 1. The first kappa shape index (κ1) is 23.5. The van der Waals surface area contributed by atoms with Crippen LogP contribution in [0.4, 0.5) is 10.5 Å². The second kappa shape index (κ2) is 9.67. The third-order valence-corrected chi connectivity index (χ3v) is 7.22. The van der Waals surface area contributed by atoms with Gasteiger partial charge in [0.1, 0.15) is 0 Å². The number of benzene rings is 2. The van der Waals surface area contributed by atoms with Gasteiger partial charge in [-0.2, -0.15) is 5.21 Å². The predicted molar refractivity (Wildman–Crippen MR) is 131 cm³/mol. The van der Waals surface area contributed by atoms with E-state index in [1.165, 1.54) is 5.56 Å². The molecule has 0 radical (unpaired) electrons. The van der Waals surface area contributed by atoms with E-state index < -0.39 is 0 Å². The molecule has 2 amide bonds. The minimum absolute atomic E-state index is 0. The highest BCUT2D eigenvalue weighted by atomic mass is 35.5. The van der Waals surface area contributed by atoms with Crippen molar-refractivity contribution in [3.05, 3.63) is 59.1 Å². The third-order valence-electron chi connectivity index (χ3n) is 6.98. The lowest BCUT2D eigenvalue weighted by atomic mass is 9.68. The van der Waals surface area contributed by atoms with Gasteiger partial charge < -0.3 is 10.6 Å². The molecule has 2 aromatic carbocycles. The van der Waals surface area contributed by atoms with Crippen LogP contribution >= 0.6 is 24.0 Å². The normalized spacial score (nSPS) is 23.0. The minimum Gasteiger partial charge on any atom is -0.330 e. The van der Waals surface area contributed by atoms with Crippen molar-refractivity contribution >= 4 is 35.7 Å². The molecule has 5 rings (SSSR count). The average molecular weight is 488 g/mol. The molecule has 2 aliphatic rings. The number of nitrogens with two attached hydrogens (primary N) is 1. The highest BCUT2D eigenvalue weighted by Crippen LogP contribution is 2.41. The fourth-order valence-corrected chi connectivity index (χ4v) is 5.32. The molecule has 1 aliphatic carbocycles. The van der Waals surface area contributed by atoms with E-state index in [1.54, 1.807) is 0 Å². The average Bonchev–Trinajstić information content (AvgIpc) is 3.50. The summed E-state index contributed by atoms with van der Waals surface area (Å²) >= 11 is 6.24. The number of aromatic nitrogens is 4. The molecule has 3 aromatic rings. The first-order valence-electron chi connectivity index (χ1n) is 11.0. The van der Waals surface area contributed by atoms with E-state index in [0.29, 0.717) is 18.9 Å². The van der Waals surface area contributed by atoms with Gasteiger partial charge in [0.2, 0.25) is 5.82 Å². The predicted octanol–water partition coefficient (Wildman–Crippen LogP) is 4.02. The summed E-state index contributed by atoms with van der Waals surface area (Å²) in [6.45, 7) is 1.98. The van der Waals surface area contributed by atoms with Crippen LogP contribution in [0.25, 0.3) is 11.4 Å². The first-order chi connectivity index (χ1) is 15.6. The van der Waals surface area contributed by atoms with Crippen LogP contribution < -0.4 is 10.6 Å². The fraction of sp³-hybridized carbons (Fsp3) is 0.391. The summed E-state index contributed by atoms with van der Waals surface area (Å²) in [4.78, 5) is 17.2. The summed E-state index contributed by atoms with van der Waals surface area (Å²) < 4.78 is 0. The van der Waals surface area contributed by atoms with Gasteiger partial charge in [-0.3, -0.25) is 4.90 Å². The summed E-state index contributed by atoms with van der Waals surface area (Å²) in [5, 5.41) is 14.9. The molecule has 1 saturated heterocycles. The van der Waals surface area contributed by atoms with E-state index in [4.69, 9.17) is 17.3 Å². The number of tetrazole rings is 1. The second-order valence-corrected chi connectivity index (χ2v) is 9.08. The number of hydrogen-bond acceptors (Lipinski definition) is 5. The number of anilines is 1. The van der Waals surface area contributed by atoms with Gasteiger partial charge in [-0.15, -0.1) is 22.6 Å². The van der Waals surface area contributed by atoms with Crippen molar-refractivity contribution in [2.75, 3.05) is 24.5 Å². The summed E-state index contributed by atoms with van der Waals surface area (Å²) in [7, 11) is 0. The Morgan fingerprint density at radius 3 is 2.61 bits per heavy atom. The number of hydrogen-bond donors (Lipinski definition) is 2. The monoisotopic (exact) mass is 487 g/mol. The Bertz CT molecular complexity index is 1100. The van der Waals surface area contributed by atoms with Crippen LogP contribution in [-0.4, -0.2) is 57.2 Å². The summed E-state index contributed by atoms with van der Waals surface area (Å²) in [6.07, 6.45) is 3.77. The van der Waals surface area contributed by atoms with Crippen molar-refractivity contribution in [2.24, 2.45) is 5.73 Å². The minimum atomic E-state index is -0.0667. The quantitative estimate of drug-likeness (QED) is 0.565. The van der Waals surface area contributed by atoms with Crippen LogP contribution in [0.15, 0.2) is 48.5 Å². The summed E-state index contributed by atoms with van der Waals surface area (Å²) in [5.74, 6) is 0.516. The Kier molecular flexibility index (Phi) is 6.88. The Morgan fingerprint density at radius 1 is 1.12 bits per heavy atom. The lowest BCUT2D eigenvalue weighted by Crippen LogP contribution is -2.46. The Labute approximate surface area is 203 Å². The topological polar surface area (TPSA) is 104 Å². The van der Waals surface area contributed by atoms with Crippen LogP contribution in [0.3, 0.4) is 0 Å². The molecular formula is C23H27Cl2N7O. The number of carbonyl (C=O) groups is 1. The molecule has 10 heteroatoms. The van der Waals surface area contributed by atoms with Crippen molar-refractivity contribution in [2.45, 2.75) is 37.1 Å². The molecule has 1 aromatic heterocycles. The summed E-state index contributed by atoms with van der Waals surface area (Å²) in [6, 6.07) is 16.0. The zero-order chi connectivity index (χ0) is 22.1. The lowest BCUT2D eigenvalue weighted by Gasteiger charge is -2.42. The number of aromatic amines is 1. The molecule has 0 atom stereocenters. The van der Waals surface area contributed by atoms with E-state index >= 15 is 0 Å². The standard InChI is InChI=1S/C23H26ClN7O.ClH/c24-18-5-2-4-17(14-18)23(15-25)9-7-19(8-10-23)30-11-12-31(22(30)32)20-6-1-3-16(13-20)21-26-28-29-27-21;/h1-6,13-14,19H,7-12,15,25H2,(H,26,27,28,29);1H. The number of amides is 2. The first-order valence-corrected chi connectivity index (χ1v) is 11.4. The third kappa shape index (κ3) is 4.43. The van der Waals surface area contributed by atoms with E-state index in [0.717, 1.165) is 48.5 Å². The van der Waals surface area contributed by atoms with Crippen molar-refractivity contribution in [3.63, 3.8) is 0 Å². The van der Waals surface area contributed by atoms with E-state index in [9.17, 15) is 4.79 Å². The lowest BCUT2D eigenvalue weighted by molar-refractivity contribution is 0.156. The van der Waals surface area contributed by atoms with Crippen molar-refractivity contribution in [1.82, 2.24) is 25.5 Å². The van der Waals surface area contributed by atoms with Gasteiger partial charge in [0.15, 0.2) is 0 Å². The second-order valence-electron chi connectivity index (χ2n) is 8.64. The van der Waals surface area contributed by atoms with Crippen LogP contribution in [0.1, 0.15) is 31.2 Å². The Morgan fingerprint density at radius 2 is 1.91 bits per heavy atom. The molecule has 1 aliphatic heterocycles. The fourth-order valence-electron chi connectivity index (χ4n) is 5.13. The van der Waals surface area contributed by atoms with Gasteiger partial charge in [-0.1, -0.05) is 35.9 Å². The van der Waals surface area contributed by atoms with Crippen molar-refractivity contribution in [1.29, 1.82) is 0 Å². The molecule has 174 valence electrons. The number of rotatable bonds is 5. The largest absolute Gasteiger partial charge is 0.330 e. The van der Waals surface area contributed by atoms with Crippen LogP contribution in [0.5, 0.6) is 0 Å². The highest BCUT2D eigenvalue weighted by molar-refractivity contribution is 6.30. The molecule has 0 spiro atoms. The van der Waals surface area contributed by atoms with Crippen molar-refractivity contribution < 1.29 is 4.79 Å². The van der Waals surface area contributed by atoms with Gasteiger partial charge >= 0.3 is 6.03 Å². The van der Waals surface area contributed by atoms with E-state index in [-0.39, 0.29) is 29.9 Å². The maximum Gasteiger partial charge on any atom is 0.324 e. The number of urea groups is 1. The van der Waals surface area contributed by atoms with Gasteiger partial charge in [-0.25, -0.2) is 4.79 Å². The number of nitrogens with zero attached hydrogens (tertiary/aromatic N) is 5. The summed E-state index contributed by atoms with van der Waals surface area (Å²) in [5.41, 5.74) is 9.07. The highest BCUT2D eigenvalue weighted by Gasteiger charge is 2.41.